The zero-order chi connectivity index (χ0) is 9.71. The fourth-order valence-corrected chi connectivity index (χ4v) is 2.31. The number of hydrogen-bond donors (Lipinski definition) is 2. The number of aromatic hydroxyl groups is 1. The second-order valence-electron chi connectivity index (χ2n) is 4.09. The highest BCUT2D eigenvalue weighted by atomic mass is 16.5. The van der Waals surface area contributed by atoms with Crippen LogP contribution in [-0.4, -0.2) is 18.8 Å². The minimum absolute atomic E-state index is 0.310. The molecule has 0 bridgehead atoms. The number of hydrogen-bond acceptors (Lipinski definition) is 3. The molecular weight excluding hydrogens is 178 g/mol. The van der Waals surface area contributed by atoms with E-state index in [1.165, 1.54) is 12.0 Å². The van der Waals surface area contributed by atoms with Crippen LogP contribution in [0.2, 0.25) is 0 Å². The van der Waals surface area contributed by atoms with Gasteiger partial charge in [-0.15, -0.1) is 0 Å². The van der Waals surface area contributed by atoms with Gasteiger partial charge in [0.25, 0.3) is 0 Å². The normalized spacial score (nSPS) is 27.2. The fourth-order valence-electron chi connectivity index (χ4n) is 2.31. The van der Waals surface area contributed by atoms with E-state index in [-0.39, 0.29) is 0 Å². The van der Waals surface area contributed by atoms with Crippen LogP contribution in [0.15, 0.2) is 12.1 Å². The highest BCUT2D eigenvalue weighted by Gasteiger charge is 2.43. The van der Waals surface area contributed by atoms with Gasteiger partial charge in [0.1, 0.15) is 11.5 Å². The van der Waals surface area contributed by atoms with Gasteiger partial charge in [0.05, 0.1) is 12.8 Å². The Labute approximate surface area is 82.7 Å². The van der Waals surface area contributed by atoms with E-state index in [1.54, 1.807) is 13.2 Å². The zero-order valence-corrected chi connectivity index (χ0v) is 8.08. The molecule has 1 aliphatic heterocycles. The third-order valence-electron chi connectivity index (χ3n) is 3.22. The zero-order valence-electron chi connectivity index (χ0n) is 8.08. The molecule has 2 atom stereocenters. The molecule has 14 heavy (non-hydrogen) atoms. The molecule has 2 aliphatic rings. The minimum atomic E-state index is 0.310. The number of anilines is 1. The maximum atomic E-state index is 9.76. The lowest BCUT2D eigenvalue weighted by molar-refractivity contribution is 0.407. The van der Waals surface area contributed by atoms with E-state index in [1.807, 2.05) is 6.07 Å². The Balaban J connectivity index is 2.13. The summed E-state index contributed by atoms with van der Waals surface area (Å²) in [5, 5.41) is 13.0. The highest BCUT2D eigenvalue weighted by molar-refractivity contribution is 5.68. The molecule has 0 saturated heterocycles. The van der Waals surface area contributed by atoms with Gasteiger partial charge in [0.2, 0.25) is 0 Å². The predicted octanol–water partition coefficient (Wildman–Crippen LogP) is 1.93. The second-order valence-corrected chi connectivity index (χ2v) is 4.09. The smallest absolute Gasteiger partial charge is 0.142 e. The maximum absolute atomic E-state index is 9.76. The van der Waals surface area contributed by atoms with Crippen molar-refractivity contribution >= 4 is 5.69 Å². The SMILES string of the molecule is COc1cc(O)c2c(c1)C1CC1CN2. The van der Waals surface area contributed by atoms with E-state index in [9.17, 15) is 5.11 Å². The van der Waals surface area contributed by atoms with Gasteiger partial charge < -0.3 is 15.2 Å². The van der Waals surface area contributed by atoms with Crippen molar-refractivity contribution in [3.8, 4) is 11.5 Å². The number of ether oxygens (including phenoxy) is 1. The molecule has 2 N–H and O–H groups in total. The van der Waals surface area contributed by atoms with Crippen LogP contribution in [0.5, 0.6) is 11.5 Å². The van der Waals surface area contributed by atoms with Gasteiger partial charge >= 0.3 is 0 Å². The third kappa shape index (κ3) is 0.983. The molecule has 1 aromatic carbocycles. The van der Waals surface area contributed by atoms with E-state index in [0.717, 1.165) is 23.9 Å². The van der Waals surface area contributed by atoms with Crippen molar-refractivity contribution in [3.05, 3.63) is 17.7 Å². The van der Waals surface area contributed by atoms with E-state index >= 15 is 0 Å². The van der Waals surface area contributed by atoms with Crippen LogP contribution in [0.4, 0.5) is 5.69 Å². The lowest BCUT2D eigenvalue weighted by Gasteiger charge is -2.19. The Kier molecular flexibility index (Phi) is 1.46. The molecule has 3 heteroatoms. The number of phenolic OH excluding ortho intramolecular Hbond substituents is 1. The summed E-state index contributed by atoms with van der Waals surface area (Å²) in [5.41, 5.74) is 2.13. The molecule has 1 fully saturated rings. The molecule has 0 amide bonds. The number of methoxy groups -OCH3 is 1. The second kappa shape index (κ2) is 2.56. The van der Waals surface area contributed by atoms with Gasteiger partial charge in [-0.05, 0) is 29.9 Å². The van der Waals surface area contributed by atoms with Gasteiger partial charge in [-0.25, -0.2) is 0 Å². The van der Waals surface area contributed by atoms with Crippen LogP contribution < -0.4 is 10.1 Å². The first-order chi connectivity index (χ1) is 6.79. The van der Waals surface area contributed by atoms with Crippen molar-refractivity contribution < 1.29 is 9.84 Å². The molecule has 1 heterocycles. The summed E-state index contributed by atoms with van der Waals surface area (Å²) in [6.45, 7) is 0.998. The van der Waals surface area contributed by atoms with Crippen LogP contribution in [0.25, 0.3) is 0 Å². The molecule has 1 saturated carbocycles. The standard InChI is InChI=1S/C11H13NO2/c1-14-7-3-9-8-2-6(8)5-12-11(9)10(13)4-7/h3-4,6,8,12-13H,2,5H2,1H3. The summed E-state index contributed by atoms with van der Waals surface area (Å²) in [7, 11) is 1.63. The Bertz CT molecular complexity index is 389. The van der Waals surface area contributed by atoms with Crippen molar-refractivity contribution in [3.63, 3.8) is 0 Å². The Morgan fingerprint density at radius 3 is 3.14 bits per heavy atom. The lowest BCUT2D eigenvalue weighted by Crippen LogP contribution is -2.11. The molecule has 3 rings (SSSR count). The maximum Gasteiger partial charge on any atom is 0.142 e. The van der Waals surface area contributed by atoms with E-state index < -0.39 is 0 Å². The van der Waals surface area contributed by atoms with Crippen LogP contribution in [0, 0.1) is 5.92 Å². The summed E-state index contributed by atoms with van der Waals surface area (Å²) in [4.78, 5) is 0. The van der Waals surface area contributed by atoms with Gasteiger partial charge in [-0.1, -0.05) is 0 Å². The number of nitrogens with one attached hydrogen (secondary N) is 1. The molecule has 0 aromatic heterocycles. The minimum Gasteiger partial charge on any atom is -0.506 e. The molecule has 0 radical (unpaired) electrons. The Morgan fingerprint density at radius 1 is 1.50 bits per heavy atom. The number of fused-ring (bicyclic) bond motifs is 3. The molecule has 1 aliphatic carbocycles. The molecule has 3 nitrogen and oxygen atoms in total. The summed E-state index contributed by atoms with van der Waals surface area (Å²) in [5.74, 6) is 2.47. The number of benzene rings is 1. The summed E-state index contributed by atoms with van der Waals surface area (Å²) >= 11 is 0. The van der Waals surface area contributed by atoms with Crippen molar-refractivity contribution in [2.24, 2.45) is 5.92 Å². The fraction of sp³-hybridized carbons (Fsp3) is 0.455. The molecule has 74 valence electrons. The summed E-state index contributed by atoms with van der Waals surface area (Å²) in [6, 6.07) is 3.69. The van der Waals surface area contributed by atoms with Crippen molar-refractivity contribution in [2.75, 3.05) is 19.0 Å². The highest BCUT2D eigenvalue weighted by Crippen LogP contribution is 2.55. The van der Waals surface area contributed by atoms with Gasteiger partial charge in [0, 0.05) is 12.6 Å². The molecular formula is C11H13NO2. The van der Waals surface area contributed by atoms with Gasteiger partial charge in [0.15, 0.2) is 0 Å². The first-order valence-electron chi connectivity index (χ1n) is 4.94. The van der Waals surface area contributed by atoms with Crippen molar-refractivity contribution in [2.45, 2.75) is 12.3 Å². The molecule has 1 aromatic rings. The van der Waals surface area contributed by atoms with Gasteiger partial charge in [-0.3, -0.25) is 0 Å². The van der Waals surface area contributed by atoms with Crippen LogP contribution in [0.1, 0.15) is 17.9 Å². The molecule has 2 unspecified atom stereocenters. The average Bonchev–Trinajstić information content (AvgIpc) is 2.96. The third-order valence-corrected chi connectivity index (χ3v) is 3.22. The van der Waals surface area contributed by atoms with E-state index in [4.69, 9.17) is 4.74 Å². The Hall–Kier alpha value is -1.38. The summed E-state index contributed by atoms with van der Waals surface area (Å²) in [6.07, 6.45) is 1.24. The van der Waals surface area contributed by atoms with Crippen LogP contribution in [-0.2, 0) is 0 Å². The first-order valence-corrected chi connectivity index (χ1v) is 4.94. The largest absolute Gasteiger partial charge is 0.506 e. The van der Waals surface area contributed by atoms with Crippen LogP contribution >= 0.6 is 0 Å². The predicted molar refractivity (Wildman–Crippen MR) is 54.0 cm³/mol. The number of phenols is 1. The Morgan fingerprint density at radius 2 is 2.36 bits per heavy atom. The average molecular weight is 191 g/mol. The molecule has 0 spiro atoms. The van der Waals surface area contributed by atoms with Gasteiger partial charge in [-0.2, -0.15) is 0 Å². The monoisotopic (exact) mass is 191 g/mol. The van der Waals surface area contributed by atoms with E-state index in [2.05, 4.69) is 5.32 Å². The quantitative estimate of drug-likeness (QED) is 0.666. The first kappa shape index (κ1) is 7.97. The van der Waals surface area contributed by atoms with Crippen LogP contribution in [0.3, 0.4) is 0 Å². The van der Waals surface area contributed by atoms with Crippen molar-refractivity contribution in [1.82, 2.24) is 0 Å². The van der Waals surface area contributed by atoms with Crippen molar-refractivity contribution in [1.29, 1.82) is 0 Å². The van der Waals surface area contributed by atoms with E-state index in [0.29, 0.717) is 11.7 Å². The lowest BCUT2D eigenvalue weighted by atomic mass is 10.0. The summed E-state index contributed by atoms with van der Waals surface area (Å²) < 4.78 is 5.14. The number of rotatable bonds is 1. The topological polar surface area (TPSA) is 41.5 Å².